The van der Waals surface area contributed by atoms with Crippen molar-refractivity contribution in [2.75, 3.05) is 0 Å². The lowest BCUT2D eigenvalue weighted by Gasteiger charge is -1.99. The van der Waals surface area contributed by atoms with Crippen LogP contribution in [0.15, 0.2) is 18.3 Å². The Hall–Kier alpha value is -0.710. The van der Waals surface area contributed by atoms with Crippen molar-refractivity contribution in [3.05, 3.63) is 27.5 Å². The second-order valence-corrected chi connectivity index (χ2v) is 3.95. The summed E-state index contributed by atoms with van der Waals surface area (Å²) < 4.78 is 1.06. The number of aromatic amines is 1. The van der Waals surface area contributed by atoms with Crippen molar-refractivity contribution in [1.82, 2.24) is 4.98 Å². The molecule has 0 atom stereocenters. The first-order chi connectivity index (χ1) is 5.70. The molecule has 2 nitrogen and oxygen atoms in total. The molecule has 2 N–H and O–H groups in total. The molecule has 0 aliphatic heterocycles. The quantitative estimate of drug-likeness (QED) is 0.711. The fraction of sp³-hybridized carbons (Fsp3) is 0.111. The van der Waals surface area contributed by atoms with Crippen LogP contribution in [0.1, 0.15) is 5.56 Å². The summed E-state index contributed by atoms with van der Waals surface area (Å²) in [5.41, 5.74) is 1.91. The van der Waals surface area contributed by atoms with Gasteiger partial charge in [-0.25, -0.2) is 0 Å². The summed E-state index contributed by atoms with van der Waals surface area (Å²) in [7, 11) is 0. The lowest BCUT2D eigenvalue weighted by atomic mass is 10.1. The number of phenolic OH excluding ortho intramolecular Hbond substituents is 1. The van der Waals surface area contributed by atoms with Crippen LogP contribution in [0.5, 0.6) is 5.75 Å². The van der Waals surface area contributed by atoms with Gasteiger partial charge in [-0.2, -0.15) is 0 Å². The molecule has 0 spiro atoms. The monoisotopic (exact) mass is 273 g/mol. The minimum absolute atomic E-state index is 0.387. The van der Waals surface area contributed by atoms with E-state index in [0.29, 0.717) is 5.75 Å². The van der Waals surface area contributed by atoms with Crippen LogP contribution in [-0.4, -0.2) is 10.1 Å². The Morgan fingerprint density at radius 2 is 2.17 bits per heavy atom. The van der Waals surface area contributed by atoms with E-state index in [1.165, 1.54) is 0 Å². The number of fused-ring (bicyclic) bond motifs is 1. The number of aryl methyl sites for hydroxylation is 1. The zero-order valence-corrected chi connectivity index (χ0v) is 8.71. The van der Waals surface area contributed by atoms with E-state index in [-0.39, 0.29) is 0 Å². The molecule has 12 heavy (non-hydrogen) atoms. The number of benzene rings is 1. The maximum absolute atomic E-state index is 9.70. The number of phenols is 1. The van der Waals surface area contributed by atoms with Gasteiger partial charge in [0.1, 0.15) is 5.75 Å². The highest BCUT2D eigenvalue weighted by Gasteiger charge is 2.07. The highest BCUT2D eigenvalue weighted by molar-refractivity contribution is 14.1. The molecule has 1 aromatic carbocycles. The highest BCUT2D eigenvalue weighted by atomic mass is 127. The highest BCUT2D eigenvalue weighted by Crippen LogP contribution is 2.31. The van der Waals surface area contributed by atoms with Gasteiger partial charge >= 0.3 is 0 Å². The largest absolute Gasteiger partial charge is 0.507 e. The summed E-state index contributed by atoms with van der Waals surface area (Å²) in [5, 5.41) is 10.6. The van der Waals surface area contributed by atoms with Gasteiger partial charge in [-0.3, -0.25) is 0 Å². The van der Waals surface area contributed by atoms with E-state index in [1.54, 1.807) is 0 Å². The number of nitrogens with one attached hydrogen (secondary N) is 1. The summed E-state index contributed by atoms with van der Waals surface area (Å²) in [6.45, 7) is 1.90. The fourth-order valence-electron chi connectivity index (χ4n) is 1.27. The van der Waals surface area contributed by atoms with Crippen LogP contribution in [0.4, 0.5) is 0 Å². The molecule has 0 bridgehead atoms. The van der Waals surface area contributed by atoms with Gasteiger partial charge in [0, 0.05) is 9.77 Å². The third-order valence-corrected chi connectivity index (χ3v) is 2.82. The molecule has 0 saturated carbocycles. The Morgan fingerprint density at radius 3 is 2.92 bits per heavy atom. The van der Waals surface area contributed by atoms with Gasteiger partial charge in [0.2, 0.25) is 0 Å². The van der Waals surface area contributed by atoms with Gasteiger partial charge in [0.15, 0.2) is 0 Å². The fourth-order valence-corrected chi connectivity index (χ4v) is 1.97. The Labute approximate surface area is 83.7 Å². The van der Waals surface area contributed by atoms with E-state index in [2.05, 4.69) is 27.6 Å². The molecule has 0 aliphatic carbocycles. The molecular formula is C9H8INO. The van der Waals surface area contributed by atoms with Crippen LogP contribution < -0.4 is 0 Å². The van der Waals surface area contributed by atoms with Gasteiger partial charge in [-0.05, 0) is 41.1 Å². The lowest BCUT2D eigenvalue weighted by Crippen LogP contribution is -1.76. The van der Waals surface area contributed by atoms with Crippen molar-refractivity contribution in [2.24, 2.45) is 0 Å². The van der Waals surface area contributed by atoms with Crippen molar-refractivity contribution < 1.29 is 5.11 Å². The number of hydrogen-bond acceptors (Lipinski definition) is 1. The molecule has 0 fully saturated rings. The summed E-state index contributed by atoms with van der Waals surface area (Å²) in [6.07, 6.45) is 1.89. The molecule has 0 unspecified atom stereocenters. The maximum atomic E-state index is 9.70. The van der Waals surface area contributed by atoms with E-state index in [0.717, 1.165) is 20.0 Å². The van der Waals surface area contributed by atoms with E-state index in [9.17, 15) is 5.11 Å². The Balaban J connectivity index is 2.96. The van der Waals surface area contributed by atoms with Gasteiger partial charge in [-0.1, -0.05) is 6.07 Å². The van der Waals surface area contributed by atoms with Gasteiger partial charge < -0.3 is 10.1 Å². The summed E-state index contributed by atoms with van der Waals surface area (Å²) in [6, 6.07) is 3.89. The predicted octanol–water partition coefficient (Wildman–Crippen LogP) is 2.79. The zero-order valence-electron chi connectivity index (χ0n) is 6.56. The first kappa shape index (κ1) is 7.91. The number of halogens is 1. The topological polar surface area (TPSA) is 36.0 Å². The molecule has 1 aromatic heterocycles. The van der Waals surface area contributed by atoms with Crippen molar-refractivity contribution in [3.63, 3.8) is 0 Å². The Bertz CT molecular complexity index is 433. The van der Waals surface area contributed by atoms with E-state index in [1.807, 2.05) is 25.3 Å². The first-order valence-electron chi connectivity index (χ1n) is 3.65. The van der Waals surface area contributed by atoms with Crippen molar-refractivity contribution in [2.45, 2.75) is 6.92 Å². The first-order valence-corrected chi connectivity index (χ1v) is 4.73. The van der Waals surface area contributed by atoms with Gasteiger partial charge in [-0.15, -0.1) is 0 Å². The molecular weight excluding hydrogens is 265 g/mol. The zero-order chi connectivity index (χ0) is 8.72. The molecule has 0 saturated heterocycles. The van der Waals surface area contributed by atoms with Crippen LogP contribution in [0.2, 0.25) is 0 Å². The summed E-state index contributed by atoms with van der Waals surface area (Å²) >= 11 is 2.20. The molecule has 0 radical (unpaired) electrons. The van der Waals surface area contributed by atoms with Gasteiger partial charge in [0.25, 0.3) is 0 Å². The lowest BCUT2D eigenvalue weighted by molar-refractivity contribution is 0.477. The number of rotatable bonds is 0. The molecule has 0 aliphatic rings. The standard InChI is InChI=1S/C9H8INO/c1-5-2-3-7-8(9(5)12)6(10)4-11-7/h2-4,11-12H,1H3. The molecule has 3 heteroatoms. The minimum atomic E-state index is 0.387. The smallest absolute Gasteiger partial charge is 0.128 e. The van der Waals surface area contributed by atoms with Gasteiger partial charge in [0.05, 0.1) is 10.9 Å². The average molecular weight is 273 g/mol. The average Bonchev–Trinajstić information content (AvgIpc) is 2.41. The van der Waals surface area contributed by atoms with Crippen LogP contribution >= 0.6 is 22.6 Å². The van der Waals surface area contributed by atoms with E-state index < -0.39 is 0 Å². The predicted molar refractivity (Wildman–Crippen MR) is 57.4 cm³/mol. The van der Waals surface area contributed by atoms with E-state index >= 15 is 0 Å². The van der Waals surface area contributed by atoms with Crippen LogP contribution in [0, 0.1) is 10.5 Å². The second-order valence-electron chi connectivity index (χ2n) is 2.79. The SMILES string of the molecule is Cc1ccc2[nH]cc(I)c2c1O. The molecule has 0 amide bonds. The molecule has 2 rings (SSSR count). The number of aromatic hydroxyl groups is 1. The molecule has 62 valence electrons. The van der Waals surface area contributed by atoms with Crippen molar-refractivity contribution >= 4 is 33.5 Å². The van der Waals surface area contributed by atoms with E-state index in [4.69, 9.17) is 0 Å². The van der Waals surface area contributed by atoms with Crippen LogP contribution in [0.25, 0.3) is 10.9 Å². The van der Waals surface area contributed by atoms with Crippen LogP contribution in [-0.2, 0) is 0 Å². The van der Waals surface area contributed by atoms with Crippen molar-refractivity contribution in [3.8, 4) is 5.75 Å². The van der Waals surface area contributed by atoms with Crippen molar-refractivity contribution in [1.29, 1.82) is 0 Å². The number of H-pyrrole nitrogens is 1. The Morgan fingerprint density at radius 1 is 1.42 bits per heavy atom. The molecule has 2 aromatic rings. The Kier molecular flexibility index (Phi) is 1.75. The summed E-state index contributed by atoms with van der Waals surface area (Å²) in [5.74, 6) is 0.387. The number of hydrogen-bond donors (Lipinski definition) is 2. The summed E-state index contributed by atoms with van der Waals surface area (Å²) in [4.78, 5) is 3.09. The molecule has 1 heterocycles. The number of aromatic nitrogens is 1. The normalized spacial score (nSPS) is 10.8. The maximum Gasteiger partial charge on any atom is 0.128 e. The third-order valence-electron chi connectivity index (χ3n) is 1.97. The minimum Gasteiger partial charge on any atom is -0.507 e. The second kappa shape index (κ2) is 2.65. The van der Waals surface area contributed by atoms with Crippen LogP contribution in [0.3, 0.4) is 0 Å². The third kappa shape index (κ3) is 0.998.